The molecule has 0 spiro atoms. The van der Waals surface area contributed by atoms with E-state index >= 15 is 0 Å². The number of primary sulfonamides is 1. The van der Waals surface area contributed by atoms with E-state index in [1.54, 1.807) is 23.6 Å². The molecule has 1 heterocycles. The molecule has 88 valence electrons. The van der Waals surface area contributed by atoms with Gasteiger partial charge in [-0.15, -0.1) is 11.3 Å². The second-order valence-electron chi connectivity index (χ2n) is 3.35. The Morgan fingerprint density at radius 1 is 1.12 bits per heavy atom. The molecule has 6 heteroatoms. The molecule has 0 bridgehead atoms. The van der Waals surface area contributed by atoms with E-state index < -0.39 is 10.0 Å². The normalized spacial score (nSPS) is 11.4. The summed E-state index contributed by atoms with van der Waals surface area (Å²) in [5, 5.41) is 6.83. The fourth-order valence-electron chi connectivity index (χ4n) is 1.44. The van der Waals surface area contributed by atoms with Crippen LogP contribution in [0.5, 0.6) is 0 Å². The van der Waals surface area contributed by atoms with E-state index in [0.717, 1.165) is 0 Å². The minimum Gasteiger partial charge on any atom is -0.288 e. The first-order valence-electron chi connectivity index (χ1n) is 4.70. The first-order chi connectivity index (χ1) is 8.00. The van der Waals surface area contributed by atoms with E-state index in [1.807, 2.05) is 0 Å². The van der Waals surface area contributed by atoms with Crippen LogP contribution in [0.3, 0.4) is 0 Å². The van der Waals surface area contributed by atoms with Crippen LogP contribution in [0, 0.1) is 0 Å². The highest BCUT2D eigenvalue weighted by molar-refractivity contribution is 7.89. The molecule has 0 aliphatic carbocycles. The molecule has 0 unspecified atom stereocenters. The average Bonchev–Trinajstić information content (AvgIpc) is 2.80. The number of carbonyl (C=O) groups is 1. The Labute approximate surface area is 103 Å². The molecule has 1 aromatic carbocycles. The summed E-state index contributed by atoms with van der Waals surface area (Å²) in [6.45, 7) is 0. The smallest absolute Gasteiger partial charge is 0.238 e. The molecule has 0 saturated carbocycles. The van der Waals surface area contributed by atoms with E-state index in [9.17, 15) is 13.2 Å². The van der Waals surface area contributed by atoms with Crippen LogP contribution in [-0.2, 0) is 10.0 Å². The maximum Gasteiger partial charge on any atom is 0.238 e. The molecule has 0 radical (unpaired) electrons. The van der Waals surface area contributed by atoms with Crippen molar-refractivity contribution in [3.8, 4) is 0 Å². The maximum atomic E-state index is 12.1. The summed E-state index contributed by atoms with van der Waals surface area (Å²) in [5.74, 6) is -0.329. The second-order valence-corrected chi connectivity index (χ2v) is 5.83. The summed E-state index contributed by atoms with van der Waals surface area (Å²) in [4.78, 5) is 12.4. The van der Waals surface area contributed by atoms with Crippen molar-refractivity contribution in [1.82, 2.24) is 0 Å². The summed E-state index contributed by atoms with van der Waals surface area (Å²) in [5.41, 5.74) is 0.109. The van der Waals surface area contributed by atoms with Crippen LogP contribution in [0.2, 0.25) is 0 Å². The largest absolute Gasteiger partial charge is 0.288 e. The van der Waals surface area contributed by atoms with Crippen molar-refractivity contribution in [1.29, 1.82) is 0 Å². The highest BCUT2D eigenvalue weighted by atomic mass is 32.2. The molecular weight excluding hydrogens is 258 g/mol. The number of carbonyl (C=O) groups excluding carboxylic acids is 1. The number of rotatable bonds is 3. The second kappa shape index (κ2) is 4.40. The van der Waals surface area contributed by atoms with Crippen molar-refractivity contribution in [2.24, 2.45) is 5.14 Å². The Morgan fingerprint density at radius 2 is 1.82 bits per heavy atom. The van der Waals surface area contributed by atoms with Gasteiger partial charge in [-0.05, 0) is 23.6 Å². The van der Waals surface area contributed by atoms with Crippen LogP contribution in [0.25, 0.3) is 0 Å². The van der Waals surface area contributed by atoms with Gasteiger partial charge in [-0.2, -0.15) is 0 Å². The highest BCUT2D eigenvalue weighted by Gasteiger charge is 2.20. The minimum absolute atomic E-state index is 0.109. The molecule has 0 saturated heterocycles. The first-order valence-corrected chi connectivity index (χ1v) is 7.13. The number of hydrogen-bond donors (Lipinski definition) is 1. The van der Waals surface area contributed by atoms with E-state index in [2.05, 4.69) is 0 Å². The fourth-order valence-corrected chi connectivity index (χ4v) is 2.86. The topological polar surface area (TPSA) is 77.2 Å². The van der Waals surface area contributed by atoms with Crippen LogP contribution >= 0.6 is 11.3 Å². The molecule has 4 nitrogen and oxygen atoms in total. The Balaban J connectivity index is 2.58. The van der Waals surface area contributed by atoms with Gasteiger partial charge in [0, 0.05) is 5.56 Å². The van der Waals surface area contributed by atoms with Gasteiger partial charge >= 0.3 is 0 Å². The number of sulfonamides is 1. The summed E-state index contributed by atoms with van der Waals surface area (Å²) in [7, 11) is -3.89. The first kappa shape index (κ1) is 12.0. The summed E-state index contributed by atoms with van der Waals surface area (Å²) >= 11 is 1.26. The molecule has 2 aromatic rings. The van der Waals surface area contributed by atoms with Crippen molar-refractivity contribution in [2.45, 2.75) is 4.90 Å². The lowest BCUT2D eigenvalue weighted by molar-refractivity contribution is 0.103. The minimum atomic E-state index is -3.89. The third-order valence-electron chi connectivity index (χ3n) is 2.18. The lowest BCUT2D eigenvalue weighted by Crippen LogP contribution is -2.16. The number of thiophene rings is 1. The standard InChI is InChI=1S/C11H9NO3S2/c12-17(14,15)10-6-2-1-4-8(10)11(13)9-5-3-7-16-9/h1-7H,(H2,12,14,15). The molecule has 0 atom stereocenters. The van der Waals surface area contributed by atoms with Gasteiger partial charge in [0.05, 0.1) is 9.77 Å². The molecule has 0 amide bonds. The third kappa shape index (κ3) is 2.44. The van der Waals surface area contributed by atoms with Gasteiger partial charge in [-0.25, -0.2) is 13.6 Å². The van der Waals surface area contributed by atoms with E-state index in [0.29, 0.717) is 4.88 Å². The third-order valence-corrected chi connectivity index (χ3v) is 4.02. The average molecular weight is 267 g/mol. The lowest BCUT2D eigenvalue weighted by Gasteiger charge is -2.04. The zero-order chi connectivity index (χ0) is 12.5. The predicted octanol–water partition coefficient (Wildman–Crippen LogP) is 1.63. The molecule has 0 fully saturated rings. The van der Waals surface area contributed by atoms with E-state index in [1.165, 1.54) is 29.5 Å². The van der Waals surface area contributed by atoms with Crippen molar-refractivity contribution < 1.29 is 13.2 Å². The van der Waals surface area contributed by atoms with Crippen LogP contribution < -0.4 is 5.14 Å². The van der Waals surface area contributed by atoms with Gasteiger partial charge in [-0.1, -0.05) is 18.2 Å². The zero-order valence-electron chi connectivity index (χ0n) is 8.66. The predicted molar refractivity (Wildman–Crippen MR) is 65.6 cm³/mol. The molecule has 2 N–H and O–H groups in total. The van der Waals surface area contributed by atoms with Crippen molar-refractivity contribution in [2.75, 3.05) is 0 Å². The Hall–Kier alpha value is -1.50. The van der Waals surface area contributed by atoms with Crippen LogP contribution in [0.4, 0.5) is 0 Å². The zero-order valence-corrected chi connectivity index (χ0v) is 10.3. The van der Waals surface area contributed by atoms with Gasteiger partial charge in [-0.3, -0.25) is 4.79 Å². The number of hydrogen-bond acceptors (Lipinski definition) is 4. The Kier molecular flexibility index (Phi) is 3.10. The van der Waals surface area contributed by atoms with Crippen LogP contribution in [0.15, 0.2) is 46.7 Å². The maximum absolute atomic E-state index is 12.1. The Morgan fingerprint density at radius 3 is 2.41 bits per heavy atom. The lowest BCUT2D eigenvalue weighted by atomic mass is 10.1. The SMILES string of the molecule is NS(=O)(=O)c1ccccc1C(=O)c1cccs1. The van der Waals surface area contributed by atoms with Gasteiger partial charge in [0.15, 0.2) is 0 Å². The summed E-state index contributed by atoms with van der Waals surface area (Å²) in [6, 6.07) is 9.31. The quantitative estimate of drug-likeness (QED) is 0.858. The van der Waals surface area contributed by atoms with Crippen molar-refractivity contribution in [3.63, 3.8) is 0 Å². The van der Waals surface area contributed by atoms with Crippen LogP contribution in [-0.4, -0.2) is 14.2 Å². The van der Waals surface area contributed by atoms with Crippen molar-refractivity contribution >= 4 is 27.1 Å². The van der Waals surface area contributed by atoms with E-state index in [4.69, 9.17) is 5.14 Å². The summed E-state index contributed by atoms with van der Waals surface area (Å²) < 4.78 is 22.7. The van der Waals surface area contributed by atoms with Gasteiger partial charge in [0.2, 0.25) is 15.8 Å². The number of benzene rings is 1. The highest BCUT2D eigenvalue weighted by Crippen LogP contribution is 2.20. The van der Waals surface area contributed by atoms with Crippen molar-refractivity contribution in [3.05, 3.63) is 52.2 Å². The molecular formula is C11H9NO3S2. The molecule has 2 rings (SSSR count). The molecule has 0 aliphatic heterocycles. The van der Waals surface area contributed by atoms with Gasteiger partial charge in [0.25, 0.3) is 0 Å². The van der Waals surface area contributed by atoms with E-state index in [-0.39, 0.29) is 16.2 Å². The number of nitrogens with two attached hydrogens (primary N) is 1. The van der Waals surface area contributed by atoms with Crippen LogP contribution in [0.1, 0.15) is 15.2 Å². The summed E-state index contributed by atoms with van der Waals surface area (Å²) in [6.07, 6.45) is 0. The van der Waals surface area contributed by atoms with Gasteiger partial charge < -0.3 is 0 Å². The fraction of sp³-hybridized carbons (Fsp3) is 0. The molecule has 1 aromatic heterocycles. The molecule has 0 aliphatic rings. The monoisotopic (exact) mass is 267 g/mol. The Bertz CT molecular complexity index is 645. The number of ketones is 1. The van der Waals surface area contributed by atoms with Gasteiger partial charge in [0.1, 0.15) is 0 Å². The molecule has 17 heavy (non-hydrogen) atoms.